The van der Waals surface area contributed by atoms with Gasteiger partial charge in [-0.15, -0.1) is 0 Å². The average molecular weight is 279 g/mol. The number of alkyl halides is 1. The molecule has 110 valence electrons. The lowest BCUT2D eigenvalue weighted by molar-refractivity contribution is -0.151. The summed E-state index contributed by atoms with van der Waals surface area (Å²) in [6, 6.07) is 7.47. The maximum Gasteiger partial charge on any atom is 0.343 e. The first-order valence-electron chi connectivity index (χ1n) is 6.88. The summed E-state index contributed by atoms with van der Waals surface area (Å²) in [4.78, 5) is 13.4. The zero-order valence-electron chi connectivity index (χ0n) is 12.5. The van der Waals surface area contributed by atoms with Gasteiger partial charge >= 0.3 is 5.97 Å². The van der Waals surface area contributed by atoms with Crippen LogP contribution in [-0.2, 0) is 4.79 Å². The van der Waals surface area contributed by atoms with Crippen LogP contribution in [0.25, 0.3) is 0 Å². The number of nitrogens with zero attached hydrogens (tertiary/aromatic N) is 1. The van der Waals surface area contributed by atoms with Gasteiger partial charge in [0.25, 0.3) is 0 Å². The molecule has 20 heavy (non-hydrogen) atoms. The molecule has 0 saturated carbocycles. The van der Waals surface area contributed by atoms with Crippen LogP contribution in [0, 0.1) is 6.92 Å². The predicted molar refractivity (Wildman–Crippen MR) is 76.7 cm³/mol. The number of benzene rings is 1. The molecular weight excluding hydrogens is 257 g/mol. The standard InChI is InChI=1S/C16H22FNO2/c1-11-5-7-12(8-6-11)13-9-18(15(2,3)4)10-16(13,17)14(19)20/h5-8,13H,9-10H2,1-4H3,(H,19,20)/t13-,16-/m0/s1. The van der Waals surface area contributed by atoms with Crippen LogP contribution in [0.5, 0.6) is 0 Å². The maximum atomic E-state index is 15.0. The van der Waals surface area contributed by atoms with E-state index < -0.39 is 17.6 Å². The van der Waals surface area contributed by atoms with Gasteiger partial charge in [0.2, 0.25) is 5.67 Å². The summed E-state index contributed by atoms with van der Waals surface area (Å²) >= 11 is 0. The molecule has 1 heterocycles. The normalized spacial score (nSPS) is 27.8. The first-order valence-corrected chi connectivity index (χ1v) is 6.88. The number of aliphatic carboxylic acids is 1. The van der Waals surface area contributed by atoms with Gasteiger partial charge in [-0.3, -0.25) is 4.90 Å². The molecule has 2 rings (SSSR count). The highest BCUT2D eigenvalue weighted by atomic mass is 19.1. The second kappa shape index (κ2) is 4.85. The second-order valence-corrected chi connectivity index (χ2v) is 6.68. The van der Waals surface area contributed by atoms with E-state index in [1.54, 1.807) is 0 Å². The second-order valence-electron chi connectivity index (χ2n) is 6.68. The number of carboxylic acid groups (broad SMARTS) is 1. The van der Waals surface area contributed by atoms with Crippen LogP contribution < -0.4 is 0 Å². The smallest absolute Gasteiger partial charge is 0.343 e. The fourth-order valence-electron chi connectivity index (χ4n) is 2.71. The Morgan fingerprint density at radius 2 is 1.90 bits per heavy atom. The van der Waals surface area contributed by atoms with Gasteiger partial charge in [-0.25, -0.2) is 9.18 Å². The van der Waals surface area contributed by atoms with Gasteiger partial charge in [-0.05, 0) is 33.3 Å². The third kappa shape index (κ3) is 2.57. The highest BCUT2D eigenvalue weighted by molar-refractivity contribution is 5.80. The Morgan fingerprint density at radius 1 is 1.35 bits per heavy atom. The summed E-state index contributed by atoms with van der Waals surface area (Å²) in [5.41, 5.74) is -0.624. The lowest BCUT2D eigenvalue weighted by atomic mass is 9.86. The summed E-state index contributed by atoms with van der Waals surface area (Å²) in [5, 5.41) is 9.34. The minimum absolute atomic E-state index is 0.0651. The zero-order valence-corrected chi connectivity index (χ0v) is 12.5. The summed E-state index contributed by atoms with van der Waals surface area (Å²) in [7, 11) is 0. The van der Waals surface area contributed by atoms with E-state index in [0.29, 0.717) is 6.54 Å². The van der Waals surface area contributed by atoms with E-state index in [4.69, 9.17) is 0 Å². The Hall–Kier alpha value is -1.42. The van der Waals surface area contributed by atoms with Crippen molar-refractivity contribution in [1.82, 2.24) is 4.90 Å². The molecule has 0 aromatic heterocycles. The van der Waals surface area contributed by atoms with E-state index in [-0.39, 0.29) is 12.1 Å². The highest BCUT2D eigenvalue weighted by Gasteiger charge is 2.55. The van der Waals surface area contributed by atoms with E-state index in [9.17, 15) is 9.90 Å². The molecule has 1 aromatic carbocycles. The van der Waals surface area contributed by atoms with Crippen molar-refractivity contribution in [3.05, 3.63) is 35.4 Å². The molecule has 1 saturated heterocycles. The van der Waals surface area contributed by atoms with Gasteiger partial charge in [-0.1, -0.05) is 29.8 Å². The van der Waals surface area contributed by atoms with E-state index in [1.165, 1.54) is 0 Å². The Balaban J connectivity index is 2.38. The summed E-state index contributed by atoms with van der Waals surface area (Å²) in [5.74, 6) is -1.99. The minimum atomic E-state index is -2.22. The first kappa shape index (κ1) is 15.0. The topological polar surface area (TPSA) is 40.5 Å². The summed E-state index contributed by atoms with van der Waals surface area (Å²) in [6.45, 7) is 8.26. The molecule has 0 bridgehead atoms. The Labute approximate surface area is 119 Å². The molecule has 1 aliphatic rings. The molecule has 1 fully saturated rings. The fourth-order valence-corrected chi connectivity index (χ4v) is 2.71. The molecule has 0 amide bonds. The van der Waals surface area contributed by atoms with Gasteiger partial charge in [0.15, 0.2) is 0 Å². The molecule has 2 atom stereocenters. The van der Waals surface area contributed by atoms with Crippen molar-refractivity contribution in [2.24, 2.45) is 0 Å². The number of likely N-dealkylation sites (tertiary alicyclic amines) is 1. The predicted octanol–water partition coefficient (Wildman–Crippen LogP) is 2.99. The molecule has 1 aromatic rings. The molecule has 0 radical (unpaired) electrons. The van der Waals surface area contributed by atoms with Crippen molar-refractivity contribution in [1.29, 1.82) is 0 Å². The quantitative estimate of drug-likeness (QED) is 0.904. The number of aryl methyl sites for hydroxylation is 1. The molecule has 1 N–H and O–H groups in total. The van der Waals surface area contributed by atoms with E-state index in [1.807, 2.05) is 56.9 Å². The van der Waals surface area contributed by atoms with Crippen molar-refractivity contribution in [3.8, 4) is 0 Å². The molecule has 3 nitrogen and oxygen atoms in total. The monoisotopic (exact) mass is 279 g/mol. The fraction of sp³-hybridized carbons (Fsp3) is 0.562. The minimum Gasteiger partial charge on any atom is -0.479 e. The van der Waals surface area contributed by atoms with Crippen molar-refractivity contribution in [2.75, 3.05) is 13.1 Å². The van der Waals surface area contributed by atoms with Crippen molar-refractivity contribution in [3.63, 3.8) is 0 Å². The lowest BCUT2D eigenvalue weighted by Crippen LogP contribution is -2.44. The van der Waals surface area contributed by atoms with E-state index in [2.05, 4.69) is 0 Å². The van der Waals surface area contributed by atoms with Gasteiger partial charge in [-0.2, -0.15) is 0 Å². The number of hydrogen-bond donors (Lipinski definition) is 1. The number of halogens is 1. The van der Waals surface area contributed by atoms with Crippen molar-refractivity contribution in [2.45, 2.75) is 44.8 Å². The molecule has 0 aliphatic carbocycles. The van der Waals surface area contributed by atoms with Crippen LogP contribution in [0.3, 0.4) is 0 Å². The summed E-state index contributed by atoms with van der Waals surface area (Å²) < 4.78 is 15.0. The van der Waals surface area contributed by atoms with E-state index >= 15 is 4.39 Å². The van der Waals surface area contributed by atoms with Crippen LogP contribution in [0.1, 0.15) is 37.8 Å². The van der Waals surface area contributed by atoms with Crippen LogP contribution in [0.4, 0.5) is 4.39 Å². The lowest BCUT2D eigenvalue weighted by Gasteiger charge is -2.31. The number of carboxylic acids is 1. The van der Waals surface area contributed by atoms with Gasteiger partial charge in [0, 0.05) is 24.5 Å². The Morgan fingerprint density at radius 3 is 2.35 bits per heavy atom. The number of hydrogen-bond acceptors (Lipinski definition) is 2. The molecule has 4 heteroatoms. The van der Waals surface area contributed by atoms with Gasteiger partial charge in [0.1, 0.15) is 0 Å². The molecular formula is C16H22FNO2. The first-order chi connectivity index (χ1) is 9.14. The molecule has 0 unspecified atom stereocenters. The van der Waals surface area contributed by atoms with Crippen LogP contribution in [-0.4, -0.2) is 40.3 Å². The molecule has 1 aliphatic heterocycles. The maximum absolute atomic E-state index is 15.0. The van der Waals surface area contributed by atoms with Crippen molar-refractivity contribution >= 4 is 5.97 Å². The third-order valence-electron chi connectivity index (χ3n) is 4.16. The number of rotatable bonds is 2. The highest BCUT2D eigenvalue weighted by Crippen LogP contribution is 2.42. The van der Waals surface area contributed by atoms with Crippen LogP contribution in [0.15, 0.2) is 24.3 Å². The SMILES string of the molecule is Cc1ccc([C@@H]2CN(C(C)(C)C)C[C@@]2(F)C(=O)O)cc1. The number of carbonyl (C=O) groups is 1. The average Bonchev–Trinajstić information content (AvgIpc) is 2.70. The Kier molecular flexibility index (Phi) is 3.63. The van der Waals surface area contributed by atoms with Gasteiger partial charge < -0.3 is 5.11 Å². The zero-order chi connectivity index (χ0) is 15.1. The van der Waals surface area contributed by atoms with Gasteiger partial charge in [0.05, 0.1) is 0 Å². The van der Waals surface area contributed by atoms with Crippen LogP contribution >= 0.6 is 0 Å². The van der Waals surface area contributed by atoms with E-state index in [0.717, 1.165) is 11.1 Å². The molecule has 0 spiro atoms. The van der Waals surface area contributed by atoms with Crippen molar-refractivity contribution < 1.29 is 14.3 Å². The van der Waals surface area contributed by atoms with Crippen LogP contribution in [0.2, 0.25) is 0 Å². The third-order valence-corrected chi connectivity index (χ3v) is 4.16. The largest absolute Gasteiger partial charge is 0.479 e. The summed E-state index contributed by atoms with van der Waals surface area (Å²) in [6.07, 6.45) is 0. The Bertz CT molecular complexity index is 506.